The molecule has 0 bridgehead atoms. The summed E-state index contributed by atoms with van der Waals surface area (Å²) in [6.07, 6.45) is 4.50. The van der Waals surface area contributed by atoms with E-state index in [1.54, 1.807) is 12.1 Å². The number of benzene rings is 1. The average molecular weight is 552 g/mol. The predicted molar refractivity (Wildman–Crippen MR) is 130 cm³/mol. The maximum Gasteiger partial charge on any atom is 0.387 e. The molecule has 0 atom stereocenters. The van der Waals surface area contributed by atoms with E-state index in [0.717, 1.165) is 57.8 Å². The van der Waals surface area contributed by atoms with Crippen molar-refractivity contribution in [3.8, 4) is 5.75 Å². The van der Waals surface area contributed by atoms with E-state index in [1.165, 1.54) is 12.8 Å². The molecule has 2 fully saturated rings. The zero-order valence-electron chi connectivity index (χ0n) is 18.5. The number of halogens is 3. The van der Waals surface area contributed by atoms with Gasteiger partial charge in [-0.2, -0.15) is 8.78 Å². The number of alkyl halides is 2. The summed E-state index contributed by atoms with van der Waals surface area (Å²) in [7, 11) is 0. The monoisotopic (exact) mass is 552 g/mol. The molecule has 2 aliphatic heterocycles. The van der Waals surface area contributed by atoms with Crippen LogP contribution in [0.25, 0.3) is 0 Å². The molecule has 2 N–H and O–H groups in total. The summed E-state index contributed by atoms with van der Waals surface area (Å²) in [4.78, 5) is 7.25. The van der Waals surface area contributed by atoms with Gasteiger partial charge in [-0.3, -0.25) is 4.90 Å². The van der Waals surface area contributed by atoms with Crippen LogP contribution in [-0.2, 0) is 11.3 Å². The normalized spacial score (nSPS) is 19.2. The first-order chi connectivity index (χ1) is 14.5. The molecule has 2 aliphatic rings. The van der Waals surface area contributed by atoms with Crippen LogP contribution in [0.2, 0.25) is 0 Å². The first kappa shape index (κ1) is 26.1. The minimum atomic E-state index is -2.85. The second-order valence-corrected chi connectivity index (χ2v) is 8.07. The van der Waals surface area contributed by atoms with Gasteiger partial charge < -0.3 is 20.1 Å². The number of guanidine groups is 1. The van der Waals surface area contributed by atoms with Gasteiger partial charge in [0.1, 0.15) is 5.75 Å². The summed E-state index contributed by atoms with van der Waals surface area (Å²) in [6.45, 7) is 6.69. The Kier molecular flexibility index (Phi) is 10.7. The lowest BCUT2D eigenvalue weighted by atomic mass is 9.88. The largest absolute Gasteiger partial charge is 0.434 e. The van der Waals surface area contributed by atoms with Crippen molar-refractivity contribution in [2.24, 2.45) is 4.99 Å². The Labute approximate surface area is 201 Å². The molecule has 9 heteroatoms. The third kappa shape index (κ3) is 7.42. The van der Waals surface area contributed by atoms with Gasteiger partial charge in [0.2, 0.25) is 0 Å². The highest BCUT2D eigenvalue weighted by Gasteiger charge is 2.39. The average Bonchev–Trinajstić information content (AvgIpc) is 3.28. The van der Waals surface area contributed by atoms with E-state index in [2.05, 4.69) is 25.3 Å². The molecule has 31 heavy (non-hydrogen) atoms. The smallest absolute Gasteiger partial charge is 0.387 e. The summed E-state index contributed by atoms with van der Waals surface area (Å²) in [6, 6.07) is 5.19. The van der Waals surface area contributed by atoms with Crippen molar-refractivity contribution in [1.82, 2.24) is 15.5 Å². The second-order valence-electron chi connectivity index (χ2n) is 8.07. The SMILES string of the molecule is CCNC(=NCc1cc(C)ccc1OC(F)F)NCC1(N2CCCC2)CCOCC1.I. The summed E-state index contributed by atoms with van der Waals surface area (Å²) in [5.74, 6) is 0.861. The predicted octanol–water partition coefficient (Wildman–Crippen LogP) is 3.91. The number of rotatable bonds is 8. The zero-order chi connectivity index (χ0) is 21.4. The standard InChI is InChI=1S/C22H34F2N4O2.HI/c1-3-25-21(26-15-18-14-17(2)6-7-19(18)30-20(23)24)27-16-22(8-12-29-13-9-22)28-10-4-5-11-28;/h6-7,14,20H,3-5,8-13,15-16H2,1-2H3,(H2,25,26,27);1H. The first-order valence-corrected chi connectivity index (χ1v) is 10.9. The Balaban J connectivity index is 0.00000341. The fourth-order valence-electron chi connectivity index (χ4n) is 4.34. The van der Waals surface area contributed by atoms with Crippen molar-refractivity contribution in [2.75, 3.05) is 39.4 Å². The molecule has 1 aromatic carbocycles. The number of likely N-dealkylation sites (tertiary alicyclic amines) is 1. The molecule has 0 unspecified atom stereocenters. The molecule has 0 spiro atoms. The maximum atomic E-state index is 12.7. The molecule has 0 aromatic heterocycles. The number of aliphatic imine (C=N–C) groups is 1. The van der Waals surface area contributed by atoms with Crippen LogP contribution in [0.3, 0.4) is 0 Å². The fourth-order valence-corrected chi connectivity index (χ4v) is 4.34. The Morgan fingerprint density at radius 3 is 2.58 bits per heavy atom. The molecular formula is C22H35F2IN4O2. The van der Waals surface area contributed by atoms with Gasteiger partial charge in [0, 0.05) is 37.4 Å². The van der Waals surface area contributed by atoms with E-state index < -0.39 is 6.61 Å². The highest BCUT2D eigenvalue weighted by molar-refractivity contribution is 14.0. The molecule has 6 nitrogen and oxygen atoms in total. The van der Waals surface area contributed by atoms with Crippen LogP contribution in [0.1, 0.15) is 43.7 Å². The number of nitrogens with zero attached hydrogens (tertiary/aromatic N) is 2. The lowest BCUT2D eigenvalue weighted by Gasteiger charge is -2.45. The fraction of sp³-hybridized carbons (Fsp3) is 0.682. The van der Waals surface area contributed by atoms with Gasteiger partial charge in [-0.05, 0) is 58.7 Å². The molecule has 0 aliphatic carbocycles. The molecule has 0 radical (unpaired) electrons. The molecule has 0 saturated carbocycles. The molecule has 0 amide bonds. The molecule has 2 heterocycles. The van der Waals surface area contributed by atoms with Gasteiger partial charge in [0.15, 0.2) is 5.96 Å². The molecule has 176 valence electrons. The van der Waals surface area contributed by atoms with Crippen LogP contribution in [0, 0.1) is 6.92 Å². The van der Waals surface area contributed by atoms with Crippen LogP contribution in [-0.4, -0.2) is 62.4 Å². The van der Waals surface area contributed by atoms with E-state index >= 15 is 0 Å². The number of aryl methyl sites for hydroxylation is 1. The quantitative estimate of drug-likeness (QED) is 0.291. The topological polar surface area (TPSA) is 58.1 Å². The summed E-state index contributed by atoms with van der Waals surface area (Å²) < 4.78 is 35.8. The summed E-state index contributed by atoms with van der Waals surface area (Å²) in [5, 5.41) is 6.78. The van der Waals surface area contributed by atoms with Crippen molar-refractivity contribution in [3.63, 3.8) is 0 Å². The van der Waals surface area contributed by atoms with Gasteiger partial charge in [0.25, 0.3) is 0 Å². The number of hydrogen-bond acceptors (Lipinski definition) is 4. The zero-order valence-corrected chi connectivity index (χ0v) is 20.8. The van der Waals surface area contributed by atoms with E-state index in [-0.39, 0.29) is 41.8 Å². The highest BCUT2D eigenvalue weighted by Crippen LogP contribution is 2.30. The Morgan fingerprint density at radius 2 is 1.94 bits per heavy atom. The molecular weight excluding hydrogens is 517 g/mol. The van der Waals surface area contributed by atoms with E-state index in [1.807, 2.05) is 19.9 Å². The van der Waals surface area contributed by atoms with E-state index in [9.17, 15) is 8.78 Å². The lowest BCUT2D eigenvalue weighted by Crippen LogP contribution is -2.58. The van der Waals surface area contributed by atoms with Gasteiger partial charge in [0.05, 0.1) is 6.54 Å². The van der Waals surface area contributed by atoms with Crippen molar-refractivity contribution in [2.45, 2.75) is 58.2 Å². The van der Waals surface area contributed by atoms with Crippen molar-refractivity contribution in [1.29, 1.82) is 0 Å². The van der Waals surface area contributed by atoms with E-state index in [0.29, 0.717) is 11.5 Å². The molecule has 1 aromatic rings. The molecule has 2 saturated heterocycles. The van der Waals surface area contributed by atoms with Crippen molar-refractivity contribution < 1.29 is 18.3 Å². The summed E-state index contributed by atoms with van der Waals surface area (Å²) in [5.41, 5.74) is 1.71. The number of hydrogen-bond donors (Lipinski definition) is 2. The molecule has 3 rings (SSSR count). The Morgan fingerprint density at radius 1 is 1.23 bits per heavy atom. The Hall–Kier alpha value is -1.20. The summed E-state index contributed by atoms with van der Waals surface area (Å²) >= 11 is 0. The van der Waals surface area contributed by atoms with Crippen LogP contribution in [0.15, 0.2) is 23.2 Å². The van der Waals surface area contributed by atoms with E-state index in [4.69, 9.17) is 4.74 Å². The highest BCUT2D eigenvalue weighted by atomic mass is 127. The van der Waals surface area contributed by atoms with Gasteiger partial charge in [-0.1, -0.05) is 17.7 Å². The van der Waals surface area contributed by atoms with Crippen LogP contribution in [0.4, 0.5) is 8.78 Å². The van der Waals surface area contributed by atoms with Gasteiger partial charge in [-0.25, -0.2) is 4.99 Å². The van der Waals surface area contributed by atoms with Crippen molar-refractivity contribution >= 4 is 29.9 Å². The second kappa shape index (κ2) is 12.7. The van der Waals surface area contributed by atoms with Crippen LogP contribution >= 0.6 is 24.0 Å². The minimum Gasteiger partial charge on any atom is -0.434 e. The van der Waals surface area contributed by atoms with Crippen LogP contribution in [0.5, 0.6) is 5.75 Å². The maximum absolute atomic E-state index is 12.7. The van der Waals surface area contributed by atoms with Gasteiger partial charge >= 0.3 is 6.61 Å². The van der Waals surface area contributed by atoms with Crippen molar-refractivity contribution in [3.05, 3.63) is 29.3 Å². The number of nitrogens with one attached hydrogen (secondary N) is 2. The van der Waals surface area contributed by atoms with Gasteiger partial charge in [-0.15, -0.1) is 24.0 Å². The van der Waals surface area contributed by atoms with Crippen LogP contribution < -0.4 is 15.4 Å². The number of ether oxygens (including phenoxy) is 2. The third-order valence-electron chi connectivity index (χ3n) is 5.97. The minimum absolute atomic E-state index is 0. The third-order valence-corrected chi connectivity index (χ3v) is 5.97. The first-order valence-electron chi connectivity index (χ1n) is 10.9. The Bertz CT molecular complexity index is 709. The lowest BCUT2D eigenvalue weighted by molar-refractivity contribution is -0.0504.